The monoisotopic (exact) mass is 547 g/mol. The van der Waals surface area contributed by atoms with E-state index < -0.39 is 18.2 Å². The van der Waals surface area contributed by atoms with E-state index in [0.29, 0.717) is 28.9 Å². The fraction of sp³-hybridized carbons (Fsp3) is 0.219. The van der Waals surface area contributed by atoms with Gasteiger partial charge in [0.1, 0.15) is 12.4 Å². The molecule has 5 rings (SSSR count). The van der Waals surface area contributed by atoms with Gasteiger partial charge in [0.05, 0.1) is 24.6 Å². The molecule has 8 heteroatoms. The summed E-state index contributed by atoms with van der Waals surface area (Å²) >= 11 is 0. The molecule has 1 N–H and O–H groups in total. The number of hydrogen-bond donors (Lipinski definition) is 1. The van der Waals surface area contributed by atoms with Gasteiger partial charge < -0.3 is 14.6 Å². The molecule has 1 amide bonds. The van der Waals surface area contributed by atoms with E-state index in [1.807, 2.05) is 60.7 Å². The molecular weight excluding hydrogens is 519 g/mol. The van der Waals surface area contributed by atoms with Crippen molar-refractivity contribution in [1.82, 2.24) is 4.90 Å². The topological polar surface area (TPSA) is 59.0 Å². The van der Waals surface area contributed by atoms with Gasteiger partial charge in [0.15, 0.2) is 0 Å². The highest BCUT2D eigenvalue weighted by molar-refractivity contribution is 5.80. The Bertz CT molecular complexity index is 1430. The number of amides is 1. The summed E-state index contributed by atoms with van der Waals surface area (Å²) < 4.78 is 50.8. The third-order valence-corrected chi connectivity index (χ3v) is 6.79. The maximum atomic E-state index is 13.4. The van der Waals surface area contributed by atoms with Gasteiger partial charge in [0.2, 0.25) is 12.3 Å². The van der Waals surface area contributed by atoms with Crippen molar-refractivity contribution in [3.05, 3.63) is 125 Å². The fourth-order valence-electron chi connectivity index (χ4n) is 4.78. The number of nitrogens with zero attached hydrogens (tertiary/aromatic N) is 1. The maximum Gasteiger partial charge on any atom is 0.416 e. The first kappa shape index (κ1) is 27.4. The third-order valence-electron chi connectivity index (χ3n) is 6.79. The van der Waals surface area contributed by atoms with Crippen LogP contribution < -0.4 is 4.74 Å². The SMILES string of the molecule is O=C(Cc1cc(OCc2ccccc2)cc(-c2ccc(C(F)(F)F)cc2)c1)N1C(O)OC[C@H]1Cc1ccccc1. The van der Waals surface area contributed by atoms with E-state index in [1.54, 1.807) is 18.2 Å². The smallest absolute Gasteiger partial charge is 0.416 e. The Labute approximate surface area is 230 Å². The van der Waals surface area contributed by atoms with Crippen molar-refractivity contribution in [1.29, 1.82) is 0 Å². The number of aliphatic hydroxyl groups excluding tert-OH is 1. The van der Waals surface area contributed by atoms with Gasteiger partial charge in [0, 0.05) is 0 Å². The molecule has 40 heavy (non-hydrogen) atoms. The number of aliphatic hydroxyl groups is 1. The summed E-state index contributed by atoms with van der Waals surface area (Å²) in [6, 6.07) is 29.0. The number of hydrogen-bond acceptors (Lipinski definition) is 4. The van der Waals surface area contributed by atoms with Crippen LogP contribution >= 0.6 is 0 Å². The van der Waals surface area contributed by atoms with E-state index in [4.69, 9.17) is 9.47 Å². The lowest BCUT2D eigenvalue weighted by Crippen LogP contribution is -2.43. The summed E-state index contributed by atoms with van der Waals surface area (Å²) in [5, 5.41) is 10.4. The minimum absolute atomic E-state index is 0.0537. The number of carbonyl (C=O) groups excluding carboxylic acids is 1. The largest absolute Gasteiger partial charge is 0.489 e. The summed E-state index contributed by atoms with van der Waals surface area (Å²) in [5.41, 5.74) is 2.99. The highest BCUT2D eigenvalue weighted by atomic mass is 19.4. The van der Waals surface area contributed by atoms with Gasteiger partial charge >= 0.3 is 6.18 Å². The summed E-state index contributed by atoms with van der Waals surface area (Å²) in [7, 11) is 0. The average Bonchev–Trinajstić information content (AvgIpc) is 3.32. The molecule has 206 valence electrons. The quantitative estimate of drug-likeness (QED) is 0.284. The maximum absolute atomic E-state index is 13.4. The van der Waals surface area contributed by atoms with E-state index in [9.17, 15) is 23.1 Å². The van der Waals surface area contributed by atoms with Gasteiger partial charge in [-0.3, -0.25) is 9.69 Å². The first-order valence-corrected chi connectivity index (χ1v) is 12.9. The normalized spacial score (nSPS) is 17.1. The minimum Gasteiger partial charge on any atom is -0.489 e. The van der Waals surface area contributed by atoms with Gasteiger partial charge in [-0.1, -0.05) is 78.9 Å². The summed E-state index contributed by atoms with van der Waals surface area (Å²) in [5.74, 6) is 0.146. The Balaban J connectivity index is 1.40. The Kier molecular flexibility index (Phi) is 8.19. The van der Waals surface area contributed by atoms with E-state index in [-0.39, 0.29) is 31.6 Å². The molecule has 1 aliphatic rings. The molecule has 0 aromatic heterocycles. The molecule has 1 fully saturated rings. The standard InChI is InChI=1S/C32H28F3NO4/c33-32(34,35)27-13-11-25(12-14-27)26-15-24(17-29(19-26)39-20-23-9-5-2-6-10-23)18-30(37)36-28(21-40-31(36)38)16-22-7-3-1-4-8-22/h1-15,17,19,28,31,38H,16,18,20-21H2/t28-,31?/m1/s1. The van der Waals surface area contributed by atoms with Crippen LogP contribution in [0, 0.1) is 0 Å². The van der Waals surface area contributed by atoms with Crippen LogP contribution in [0.3, 0.4) is 0 Å². The number of rotatable bonds is 8. The zero-order chi connectivity index (χ0) is 28.1. The molecule has 1 saturated heterocycles. The van der Waals surface area contributed by atoms with Crippen LogP contribution in [0.1, 0.15) is 22.3 Å². The van der Waals surface area contributed by atoms with Gasteiger partial charge in [-0.2, -0.15) is 13.2 Å². The fourth-order valence-corrected chi connectivity index (χ4v) is 4.78. The molecular formula is C32H28F3NO4. The second-order valence-electron chi connectivity index (χ2n) is 9.70. The molecule has 1 aliphatic heterocycles. The van der Waals surface area contributed by atoms with Crippen molar-refractivity contribution in [2.24, 2.45) is 0 Å². The molecule has 0 saturated carbocycles. The van der Waals surface area contributed by atoms with E-state index in [1.165, 1.54) is 17.0 Å². The Hall–Kier alpha value is -4.14. The molecule has 4 aromatic carbocycles. The average molecular weight is 548 g/mol. The van der Waals surface area contributed by atoms with E-state index in [0.717, 1.165) is 23.3 Å². The zero-order valence-corrected chi connectivity index (χ0v) is 21.6. The summed E-state index contributed by atoms with van der Waals surface area (Å²) in [4.78, 5) is 14.8. The second kappa shape index (κ2) is 11.9. The molecule has 0 radical (unpaired) electrons. The lowest BCUT2D eigenvalue weighted by molar-refractivity contribution is -0.164. The lowest BCUT2D eigenvalue weighted by atomic mass is 9.99. The number of alkyl halides is 3. The lowest BCUT2D eigenvalue weighted by Gasteiger charge is -2.25. The predicted octanol–water partition coefficient (Wildman–Crippen LogP) is 6.24. The molecule has 0 bridgehead atoms. The van der Waals surface area contributed by atoms with Crippen molar-refractivity contribution >= 4 is 5.91 Å². The Morgan fingerprint density at radius 3 is 2.15 bits per heavy atom. The van der Waals surface area contributed by atoms with Crippen molar-refractivity contribution in [3.63, 3.8) is 0 Å². The second-order valence-corrected chi connectivity index (χ2v) is 9.70. The van der Waals surface area contributed by atoms with Gasteiger partial charge in [-0.05, 0) is 58.5 Å². The molecule has 2 atom stereocenters. The Morgan fingerprint density at radius 1 is 0.850 bits per heavy atom. The molecule has 4 aromatic rings. The van der Waals surface area contributed by atoms with Gasteiger partial charge in [-0.25, -0.2) is 0 Å². The van der Waals surface area contributed by atoms with Crippen molar-refractivity contribution in [2.45, 2.75) is 38.1 Å². The molecule has 5 nitrogen and oxygen atoms in total. The van der Waals surface area contributed by atoms with Crippen LogP contribution in [-0.4, -0.2) is 35.0 Å². The number of benzene rings is 4. The zero-order valence-electron chi connectivity index (χ0n) is 21.6. The van der Waals surface area contributed by atoms with Gasteiger partial charge in [0.25, 0.3) is 0 Å². The van der Waals surface area contributed by atoms with Crippen LogP contribution in [0.2, 0.25) is 0 Å². The van der Waals surface area contributed by atoms with Crippen LogP contribution in [0.25, 0.3) is 11.1 Å². The first-order chi connectivity index (χ1) is 19.3. The highest BCUT2D eigenvalue weighted by Gasteiger charge is 2.36. The third kappa shape index (κ3) is 6.70. The van der Waals surface area contributed by atoms with Crippen molar-refractivity contribution < 1.29 is 32.5 Å². The van der Waals surface area contributed by atoms with Crippen LogP contribution in [0.4, 0.5) is 13.2 Å². The summed E-state index contributed by atoms with van der Waals surface area (Å²) in [6.07, 6.45) is -5.32. The van der Waals surface area contributed by atoms with E-state index >= 15 is 0 Å². The Morgan fingerprint density at radius 2 is 1.50 bits per heavy atom. The highest BCUT2D eigenvalue weighted by Crippen LogP contribution is 2.33. The number of carbonyl (C=O) groups is 1. The molecule has 0 spiro atoms. The summed E-state index contributed by atoms with van der Waals surface area (Å²) in [6.45, 7) is 0.487. The van der Waals surface area contributed by atoms with Crippen molar-refractivity contribution in [3.8, 4) is 16.9 Å². The number of ether oxygens (including phenoxy) is 2. The minimum atomic E-state index is -4.44. The number of halogens is 3. The molecule has 1 heterocycles. The van der Waals surface area contributed by atoms with Crippen LogP contribution in [0.15, 0.2) is 103 Å². The predicted molar refractivity (Wildman–Crippen MR) is 144 cm³/mol. The van der Waals surface area contributed by atoms with E-state index in [2.05, 4.69) is 0 Å². The van der Waals surface area contributed by atoms with Gasteiger partial charge in [-0.15, -0.1) is 0 Å². The van der Waals surface area contributed by atoms with Crippen LogP contribution in [0.5, 0.6) is 5.75 Å². The van der Waals surface area contributed by atoms with Crippen molar-refractivity contribution in [2.75, 3.05) is 6.61 Å². The molecule has 0 aliphatic carbocycles. The van der Waals surface area contributed by atoms with Crippen LogP contribution in [-0.2, 0) is 35.2 Å². The molecule has 1 unspecified atom stereocenters. The first-order valence-electron chi connectivity index (χ1n) is 12.9.